The average molecular weight is 275 g/mol. The second-order valence-corrected chi connectivity index (χ2v) is 5.46. The summed E-state index contributed by atoms with van der Waals surface area (Å²) in [5.74, 6) is 1.35. The minimum Gasteiger partial charge on any atom is -0.377 e. The van der Waals surface area contributed by atoms with Crippen LogP contribution in [-0.4, -0.2) is 46.9 Å². The number of nitrogens with two attached hydrogens (primary N) is 1. The van der Waals surface area contributed by atoms with Gasteiger partial charge in [0.2, 0.25) is 0 Å². The summed E-state index contributed by atoms with van der Waals surface area (Å²) in [5, 5.41) is 4.61. The number of nitrogens with zero attached hydrogens (tertiary/aromatic N) is 4. The SMILES string of the molecule is CC(C)c1cc2c(N3CCOCC3CN)nccn2n1. The predicted octanol–water partition coefficient (Wildman–Crippen LogP) is 1.02. The number of morpholine rings is 1. The molecule has 2 aromatic heterocycles. The van der Waals surface area contributed by atoms with Crippen LogP contribution in [0.5, 0.6) is 0 Å². The lowest BCUT2D eigenvalue weighted by molar-refractivity contribution is 0.0959. The van der Waals surface area contributed by atoms with E-state index >= 15 is 0 Å². The molecule has 1 unspecified atom stereocenters. The zero-order valence-corrected chi connectivity index (χ0v) is 12.0. The van der Waals surface area contributed by atoms with Crippen LogP contribution in [0.2, 0.25) is 0 Å². The van der Waals surface area contributed by atoms with Gasteiger partial charge in [-0.05, 0) is 12.0 Å². The number of anilines is 1. The third-order valence-electron chi connectivity index (χ3n) is 3.75. The Bertz CT molecular complexity index is 594. The maximum absolute atomic E-state index is 5.86. The standard InChI is InChI=1S/C14H21N5O/c1-10(2)12-7-13-14(16-3-4-19(13)17-12)18-5-6-20-9-11(18)8-15/h3-4,7,10-11H,5-6,8-9,15H2,1-2H3. The third kappa shape index (κ3) is 2.25. The molecule has 0 amide bonds. The predicted molar refractivity (Wildman–Crippen MR) is 78.1 cm³/mol. The van der Waals surface area contributed by atoms with Crippen LogP contribution in [0.3, 0.4) is 0 Å². The molecule has 0 aromatic carbocycles. The third-order valence-corrected chi connectivity index (χ3v) is 3.75. The zero-order chi connectivity index (χ0) is 14.1. The molecule has 6 heteroatoms. The smallest absolute Gasteiger partial charge is 0.155 e. The molecule has 20 heavy (non-hydrogen) atoms. The van der Waals surface area contributed by atoms with Crippen molar-refractivity contribution in [3.63, 3.8) is 0 Å². The Morgan fingerprint density at radius 3 is 3.10 bits per heavy atom. The monoisotopic (exact) mass is 275 g/mol. The van der Waals surface area contributed by atoms with E-state index in [1.807, 2.05) is 10.7 Å². The highest BCUT2D eigenvalue weighted by atomic mass is 16.5. The van der Waals surface area contributed by atoms with E-state index in [4.69, 9.17) is 10.5 Å². The molecule has 0 saturated carbocycles. The lowest BCUT2D eigenvalue weighted by Crippen LogP contribution is -2.50. The Hall–Kier alpha value is -1.66. The molecule has 6 nitrogen and oxygen atoms in total. The van der Waals surface area contributed by atoms with Gasteiger partial charge in [-0.2, -0.15) is 5.10 Å². The number of hydrogen-bond donors (Lipinski definition) is 1. The van der Waals surface area contributed by atoms with E-state index in [0.717, 1.165) is 23.6 Å². The number of rotatable bonds is 3. The van der Waals surface area contributed by atoms with Crippen LogP contribution in [0.25, 0.3) is 5.52 Å². The minimum absolute atomic E-state index is 0.180. The first-order valence-corrected chi connectivity index (χ1v) is 7.09. The van der Waals surface area contributed by atoms with Gasteiger partial charge in [-0.25, -0.2) is 9.50 Å². The van der Waals surface area contributed by atoms with Crippen LogP contribution >= 0.6 is 0 Å². The van der Waals surface area contributed by atoms with Gasteiger partial charge in [0.05, 0.1) is 24.9 Å². The van der Waals surface area contributed by atoms with Crippen molar-refractivity contribution in [3.05, 3.63) is 24.2 Å². The van der Waals surface area contributed by atoms with Gasteiger partial charge < -0.3 is 15.4 Å². The lowest BCUT2D eigenvalue weighted by Gasteiger charge is -2.35. The quantitative estimate of drug-likeness (QED) is 0.905. The van der Waals surface area contributed by atoms with Crippen molar-refractivity contribution in [3.8, 4) is 0 Å². The van der Waals surface area contributed by atoms with Gasteiger partial charge in [0.1, 0.15) is 5.52 Å². The van der Waals surface area contributed by atoms with E-state index in [9.17, 15) is 0 Å². The first-order valence-electron chi connectivity index (χ1n) is 7.09. The Kier molecular flexibility index (Phi) is 3.58. The molecule has 1 fully saturated rings. The van der Waals surface area contributed by atoms with Crippen LogP contribution in [-0.2, 0) is 4.74 Å². The van der Waals surface area contributed by atoms with Gasteiger partial charge in [-0.3, -0.25) is 0 Å². The second-order valence-electron chi connectivity index (χ2n) is 5.46. The summed E-state index contributed by atoms with van der Waals surface area (Å²) >= 11 is 0. The fourth-order valence-electron chi connectivity index (χ4n) is 2.56. The minimum atomic E-state index is 0.180. The van der Waals surface area contributed by atoms with Crippen molar-refractivity contribution in [2.45, 2.75) is 25.8 Å². The molecule has 1 aliphatic rings. The number of hydrogen-bond acceptors (Lipinski definition) is 5. The van der Waals surface area contributed by atoms with Gasteiger partial charge in [0, 0.05) is 25.5 Å². The lowest BCUT2D eigenvalue weighted by atomic mass is 10.1. The molecule has 0 aliphatic carbocycles. The van der Waals surface area contributed by atoms with E-state index in [2.05, 4.69) is 34.9 Å². The van der Waals surface area contributed by atoms with Crippen LogP contribution < -0.4 is 10.6 Å². The summed E-state index contributed by atoms with van der Waals surface area (Å²) in [4.78, 5) is 6.80. The maximum Gasteiger partial charge on any atom is 0.155 e. The Labute approximate surface area is 118 Å². The first kappa shape index (κ1) is 13.3. The molecule has 2 N–H and O–H groups in total. The average Bonchev–Trinajstić information content (AvgIpc) is 2.91. The normalized spacial score (nSPS) is 20.0. The topological polar surface area (TPSA) is 68.7 Å². The van der Waals surface area contributed by atoms with Crippen LogP contribution in [0.4, 0.5) is 5.82 Å². The summed E-state index contributed by atoms with van der Waals surface area (Å²) in [5.41, 5.74) is 7.98. The molecule has 108 valence electrons. The van der Waals surface area contributed by atoms with Gasteiger partial charge in [-0.1, -0.05) is 13.8 Å². The van der Waals surface area contributed by atoms with Crippen molar-refractivity contribution in [1.29, 1.82) is 0 Å². The molecule has 1 saturated heterocycles. The fourth-order valence-corrected chi connectivity index (χ4v) is 2.56. The van der Waals surface area contributed by atoms with Crippen molar-refractivity contribution >= 4 is 11.3 Å². The summed E-state index contributed by atoms with van der Waals surface area (Å²) in [6, 6.07) is 2.30. The molecule has 3 rings (SSSR count). The molecule has 1 aliphatic heterocycles. The summed E-state index contributed by atoms with van der Waals surface area (Å²) in [7, 11) is 0. The highest BCUT2D eigenvalue weighted by Gasteiger charge is 2.25. The summed E-state index contributed by atoms with van der Waals surface area (Å²) < 4.78 is 7.41. The number of aromatic nitrogens is 3. The van der Waals surface area contributed by atoms with E-state index in [0.29, 0.717) is 25.7 Å². The maximum atomic E-state index is 5.86. The number of fused-ring (bicyclic) bond motifs is 1. The molecular formula is C14H21N5O. The van der Waals surface area contributed by atoms with Gasteiger partial charge in [0.15, 0.2) is 5.82 Å². The van der Waals surface area contributed by atoms with E-state index in [1.54, 1.807) is 6.20 Å². The van der Waals surface area contributed by atoms with Crippen molar-refractivity contribution in [1.82, 2.24) is 14.6 Å². The Morgan fingerprint density at radius 2 is 2.35 bits per heavy atom. The van der Waals surface area contributed by atoms with E-state index in [-0.39, 0.29) is 6.04 Å². The molecule has 0 bridgehead atoms. The van der Waals surface area contributed by atoms with Crippen LogP contribution in [0.15, 0.2) is 18.5 Å². The van der Waals surface area contributed by atoms with Crippen molar-refractivity contribution in [2.75, 3.05) is 31.2 Å². The molecule has 3 heterocycles. The molecular weight excluding hydrogens is 254 g/mol. The van der Waals surface area contributed by atoms with E-state index in [1.165, 1.54) is 0 Å². The summed E-state index contributed by atoms with van der Waals surface area (Å²) in [6.45, 7) is 7.04. The highest BCUT2D eigenvalue weighted by Crippen LogP contribution is 2.25. The van der Waals surface area contributed by atoms with Crippen LogP contribution in [0.1, 0.15) is 25.5 Å². The molecule has 0 radical (unpaired) electrons. The Morgan fingerprint density at radius 1 is 1.50 bits per heavy atom. The zero-order valence-electron chi connectivity index (χ0n) is 12.0. The van der Waals surface area contributed by atoms with Crippen molar-refractivity contribution < 1.29 is 4.74 Å². The number of ether oxygens (including phenoxy) is 1. The van der Waals surface area contributed by atoms with Crippen molar-refractivity contribution in [2.24, 2.45) is 5.73 Å². The first-order chi connectivity index (χ1) is 9.70. The molecule has 0 spiro atoms. The van der Waals surface area contributed by atoms with Gasteiger partial charge in [-0.15, -0.1) is 0 Å². The Balaban J connectivity index is 2.05. The molecule has 2 aromatic rings. The fraction of sp³-hybridized carbons (Fsp3) is 0.571. The van der Waals surface area contributed by atoms with E-state index < -0.39 is 0 Å². The molecule has 1 atom stereocenters. The largest absolute Gasteiger partial charge is 0.377 e. The van der Waals surface area contributed by atoms with Gasteiger partial charge in [0.25, 0.3) is 0 Å². The second kappa shape index (κ2) is 5.38. The highest BCUT2D eigenvalue weighted by molar-refractivity contribution is 5.69. The van der Waals surface area contributed by atoms with Gasteiger partial charge >= 0.3 is 0 Å². The summed E-state index contributed by atoms with van der Waals surface area (Å²) in [6.07, 6.45) is 3.69. The van der Waals surface area contributed by atoms with Crippen LogP contribution in [0, 0.1) is 0 Å².